The van der Waals surface area contributed by atoms with Gasteiger partial charge in [-0.15, -0.1) is 0 Å². The van der Waals surface area contributed by atoms with E-state index in [1.807, 2.05) is 17.9 Å². The average Bonchev–Trinajstić information content (AvgIpc) is 2.70. The van der Waals surface area contributed by atoms with Crippen molar-refractivity contribution >= 4 is 0 Å². The van der Waals surface area contributed by atoms with Crippen molar-refractivity contribution in [3.05, 3.63) is 30.1 Å². The molecule has 1 atom stereocenters. The first kappa shape index (κ1) is 13.0. The first-order valence-electron chi connectivity index (χ1n) is 6.07. The van der Waals surface area contributed by atoms with Crippen LogP contribution in [0.15, 0.2) is 24.4 Å². The van der Waals surface area contributed by atoms with Crippen LogP contribution >= 0.6 is 0 Å². The highest BCUT2D eigenvalue weighted by atomic mass is 15.3. The Morgan fingerprint density at radius 1 is 1.56 bits per heavy atom. The van der Waals surface area contributed by atoms with E-state index in [0.717, 1.165) is 25.8 Å². The van der Waals surface area contributed by atoms with Crippen LogP contribution in [0.1, 0.15) is 44.8 Å². The number of hydrogen-bond acceptors (Lipinski definition) is 2. The van der Waals surface area contributed by atoms with Crippen LogP contribution in [0.25, 0.3) is 0 Å². The van der Waals surface area contributed by atoms with Gasteiger partial charge in [0.2, 0.25) is 0 Å². The highest BCUT2D eigenvalue weighted by molar-refractivity contribution is 5.11. The Kier molecular flexibility index (Phi) is 5.26. The lowest BCUT2D eigenvalue weighted by Gasteiger charge is -2.19. The molecule has 0 aliphatic rings. The molecule has 0 saturated heterocycles. The van der Waals surface area contributed by atoms with Gasteiger partial charge in [-0.05, 0) is 31.9 Å². The molecule has 90 valence electrons. The summed E-state index contributed by atoms with van der Waals surface area (Å²) >= 11 is 0. The Bertz CT molecular complexity index is 328. The second-order valence-electron chi connectivity index (χ2n) is 4.19. The lowest BCUT2D eigenvalue weighted by Crippen LogP contribution is -2.24. The molecular weight excluding hydrogens is 198 g/mol. The normalized spacial score (nSPS) is 12.7. The molecular formula is C13H23N3. The minimum absolute atomic E-state index is 0.347. The molecule has 0 amide bonds. The quantitative estimate of drug-likeness (QED) is 0.718. The van der Waals surface area contributed by atoms with Crippen molar-refractivity contribution in [3.8, 4) is 0 Å². The van der Waals surface area contributed by atoms with E-state index in [1.54, 1.807) is 0 Å². The maximum absolute atomic E-state index is 4.23. The molecule has 16 heavy (non-hydrogen) atoms. The minimum Gasteiger partial charge on any atom is -0.308 e. The van der Waals surface area contributed by atoms with Crippen LogP contribution in [0.4, 0.5) is 0 Å². The maximum Gasteiger partial charge on any atom is 0.0553 e. The third kappa shape index (κ3) is 3.49. The molecule has 1 aromatic heterocycles. The SMILES string of the molecule is C=C(CC)CC(NCCC)c1ccnn1C. The molecule has 3 heteroatoms. The molecule has 0 saturated carbocycles. The third-order valence-electron chi connectivity index (χ3n) is 2.85. The summed E-state index contributed by atoms with van der Waals surface area (Å²) in [5.41, 5.74) is 2.53. The fourth-order valence-electron chi connectivity index (χ4n) is 1.76. The first-order valence-corrected chi connectivity index (χ1v) is 6.07. The van der Waals surface area contributed by atoms with Crippen LogP contribution in [0.2, 0.25) is 0 Å². The van der Waals surface area contributed by atoms with Gasteiger partial charge in [0, 0.05) is 13.2 Å². The summed E-state index contributed by atoms with van der Waals surface area (Å²) in [5, 5.41) is 7.78. The second kappa shape index (κ2) is 6.48. The number of nitrogens with zero attached hydrogens (tertiary/aromatic N) is 2. The van der Waals surface area contributed by atoms with E-state index in [1.165, 1.54) is 11.3 Å². The smallest absolute Gasteiger partial charge is 0.0553 e. The summed E-state index contributed by atoms with van der Waals surface area (Å²) in [5.74, 6) is 0. The topological polar surface area (TPSA) is 29.9 Å². The summed E-state index contributed by atoms with van der Waals surface area (Å²) < 4.78 is 1.94. The number of rotatable bonds is 7. The molecule has 1 unspecified atom stereocenters. The van der Waals surface area contributed by atoms with Crippen molar-refractivity contribution in [2.24, 2.45) is 7.05 Å². The van der Waals surface area contributed by atoms with Gasteiger partial charge in [-0.3, -0.25) is 4.68 Å². The number of aryl methyl sites for hydroxylation is 1. The van der Waals surface area contributed by atoms with Crippen molar-refractivity contribution < 1.29 is 0 Å². The standard InChI is InChI=1S/C13H23N3/c1-5-8-14-12(10-11(3)6-2)13-7-9-15-16(13)4/h7,9,12,14H,3,5-6,8,10H2,1-2,4H3. The first-order chi connectivity index (χ1) is 7.69. The number of aromatic nitrogens is 2. The highest BCUT2D eigenvalue weighted by Crippen LogP contribution is 2.21. The zero-order chi connectivity index (χ0) is 12.0. The van der Waals surface area contributed by atoms with E-state index in [9.17, 15) is 0 Å². The van der Waals surface area contributed by atoms with Crippen LogP contribution in [-0.2, 0) is 7.05 Å². The van der Waals surface area contributed by atoms with Crippen LogP contribution in [0, 0.1) is 0 Å². The molecule has 0 aromatic carbocycles. The summed E-state index contributed by atoms with van der Waals surface area (Å²) in [4.78, 5) is 0. The van der Waals surface area contributed by atoms with Gasteiger partial charge in [-0.2, -0.15) is 5.10 Å². The summed E-state index contributed by atoms with van der Waals surface area (Å²) in [6.45, 7) is 9.46. The molecule has 0 aliphatic heterocycles. The monoisotopic (exact) mass is 221 g/mol. The number of nitrogens with one attached hydrogen (secondary N) is 1. The summed E-state index contributed by atoms with van der Waals surface area (Å²) in [6, 6.07) is 2.43. The van der Waals surface area contributed by atoms with E-state index >= 15 is 0 Å². The molecule has 0 bridgehead atoms. The van der Waals surface area contributed by atoms with Crippen LogP contribution in [0.5, 0.6) is 0 Å². The number of hydrogen-bond donors (Lipinski definition) is 1. The molecule has 1 heterocycles. The van der Waals surface area contributed by atoms with E-state index in [-0.39, 0.29) is 0 Å². The lowest BCUT2D eigenvalue weighted by molar-refractivity contribution is 0.489. The van der Waals surface area contributed by atoms with Gasteiger partial charge in [0.15, 0.2) is 0 Å². The predicted molar refractivity (Wildman–Crippen MR) is 68.3 cm³/mol. The fraction of sp³-hybridized carbons (Fsp3) is 0.615. The minimum atomic E-state index is 0.347. The Labute approximate surface area is 98.5 Å². The molecule has 0 fully saturated rings. The third-order valence-corrected chi connectivity index (χ3v) is 2.85. The molecule has 0 spiro atoms. The van der Waals surface area contributed by atoms with Gasteiger partial charge in [-0.25, -0.2) is 0 Å². The fourth-order valence-corrected chi connectivity index (χ4v) is 1.76. The summed E-state index contributed by atoms with van der Waals surface area (Å²) in [7, 11) is 1.99. The lowest BCUT2D eigenvalue weighted by atomic mass is 10.0. The van der Waals surface area contributed by atoms with E-state index < -0.39 is 0 Å². The zero-order valence-corrected chi connectivity index (χ0v) is 10.7. The van der Waals surface area contributed by atoms with Crippen molar-refractivity contribution in [2.75, 3.05) is 6.54 Å². The Morgan fingerprint density at radius 2 is 2.31 bits per heavy atom. The second-order valence-corrected chi connectivity index (χ2v) is 4.19. The van der Waals surface area contributed by atoms with Crippen LogP contribution < -0.4 is 5.32 Å². The maximum atomic E-state index is 4.23. The molecule has 3 nitrogen and oxygen atoms in total. The van der Waals surface area contributed by atoms with Gasteiger partial charge < -0.3 is 5.32 Å². The summed E-state index contributed by atoms with van der Waals surface area (Å²) in [6.07, 6.45) is 5.04. The zero-order valence-electron chi connectivity index (χ0n) is 10.7. The Hall–Kier alpha value is -1.09. The van der Waals surface area contributed by atoms with Crippen molar-refractivity contribution in [2.45, 2.75) is 39.2 Å². The predicted octanol–water partition coefficient (Wildman–Crippen LogP) is 2.82. The molecule has 1 N–H and O–H groups in total. The molecule has 1 rings (SSSR count). The van der Waals surface area contributed by atoms with Crippen LogP contribution in [0.3, 0.4) is 0 Å². The molecule has 0 aliphatic carbocycles. The average molecular weight is 221 g/mol. The Morgan fingerprint density at radius 3 is 2.81 bits per heavy atom. The van der Waals surface area contributed by atoms with Gasteiger partial charge in [0.05, 0.1) is 11.7 Å². The molecule has 1 aromatic rings. The van der Waals surface area contributed by atoms with Gasteiger partial charge in [0.1, 0.15) is 0 Å². The van der Waals surface area contributed by atoms with Crippen molar-refractivity contribution in [1.82, 2.24) is 15.1 Å². The van der Waals surface area contributed by atoms with E-state index in [4.69, 9.17) is 0 Å². The molecule has 0 radical (unpaired) electrons. The van der Waals surface area contributed by atoms with E-state index in [0.29, 0.717) is 6.04 Å². The van der Waals surface area contributed by atoms with Gasteiger partial charge in [-0.1, -0.05) is 26.0 Å². The van der Waals surface area contributed by atoms with Gasteiger partial charge >= 0.3 is 0 Å². The highest BCUT2D eigenvalue weighted by Gasteiger charge is 2.14. The van der Waals surface area contributed by atoms with Crippen molar-refractivity contribution in [3.63, 3.8) is 0 Å². The van der Waals surface area contributed by atoms with Crippen molar-refractivity contribution in [1.29, 1.82) is 0 Å². The van der Waals surface area contributed by atoms with E-state index in [2.05, 4.69) is 36.9 Å². The van der Waals surface area contributed by atoms with Crippen LogP contribution in [-0.4, -0.2) is 16.3 Å². The largest absolute Gasteiger partial charge is 0.308 e. The van der Waals surface area contributed by atoms with Gasteiger partial charge in [0.25, 0.3) is 0 Å². The Balaban J connectivity index is 2.71.